The maximum Gasteiger partial charge on any atom is 0.161 e. The third-order valence-corrected chi connectivity index (χ3v) is 4.81. The molecule has 3 aromatic carbocycles. The van der Waals surface area contributed by atoms with E-state index in [4.69, 9.17) is 4.99 Å². The summed E-state index contributed by atoms with van der Waals surface area (Å²) in [5.74, 6) is 0. The van der Waals surface area contributed by atoms with Crippen LogP contribution in [0.1, 0.15) is 17.2 Å². The molecule has 0 fully saturated rings. The van der Waals surface area contributed by atoms with Crippen LogP contribution in [0, 0.1) is 0 Å². The van der Waals surface area contributed by atoms with Gasteiger partial charge in [0.05, 0.1) is 6.04 Å². The summed E-state index contributed by atoms with van der Waals surface area (Å²) >= 11 is 1.64. The van der Waals surface area contributed by atoms with Gasteiger partial charge in [0.2, 0.25) is 0 Å². The van der Waals surface area contributed by atoms with Crippen LogP contribution in [-0.2, 0) is 0 Å². The molecule has 4 rings (SSSR count). The van der Waals surface area contributed by atoms with Crippen LogP contribution in [0.3, 0.4) is 0 Å². The van der Waals surface area contributed by atoms with Crippen molar-refractivity contribution in [2.75, 3.05) is 6.26 Å². The molecule has 1 N–H and O–H groups in total. The summed E-state index contributed by atoms with van der Waals surface area (Å²) in [5.41, 5.74) is 3.52. The van der Waals surface area contributed by atoms with Crippen LogP contribution < -0.4 is 5.32 Å². The molecule has 0 aromatic heterocycles. The van der Waals surface area contributed by atoms with Gasteiger partial charge in [0.25, 0.3) is 0 Å². The number of nitrogens with zero attached hydrogens (tertiary/aromatic N) is 1. The fraction of sp³-hybridized carbons (Fsp3) is 0.0952. The lowest BCUT2D eigenvalue weighted by molar-refractivity contribution is 0.888. The van der Waals surface area contributed by atoms with Crippen molar-refractivity contribution in [1.82, 2.24) is 5.32 Å². The maximum atomic E-state index is 4.80. The Balaban J connectivity index is 1.76. The van der Waals surface area contributed by atoms with Gasteiger partial charge >= 0.3 is 0 Å². The number of hydrogen-bond acceptors (Lipinski definition) is 3. The molecule has 0 saturated heterocycles. The van der Waals surface area contributed by atoms with E-state index in [1.54, 1.807) is 11.8 Å². The highest BCUT2D eigenvalue weighted by Crippen LogP contribution is 2.29. The molecule has 1 atom stereocenters. The summed E-state index contributed by atoms with van der Waals surface area (Å²) in [6.45, 7) is 0. The van der Waals surface area contributed by atoms with E-state index < -0.39 is 0 Å². The van der Waals surface area contributed by atoms with Crippen LogP contribution in [0.4, 0.5) is 0 Å². The zero-order chi connectivity index (χ0) is 16.4. The number of hydrogen-bond donors (Lipinski definition) is 1. The third-order valence-electron chi connectivity index (χ3n) is 4.22. The van der Waals surface area contributed by atoms with Crippen LogP contribution in [-0.4, -0.2) is 11.4 Å². The highest BCUT2D eigenvalue weighted by Gasteiger charge is 2.17. The summed E-state index contributed by atoms with van der Waals surface area (Å²) in [5, 5.41) is 6.92. The number of benzene rings is 3. The molecule has 0 aliphatic carbocycles. The molecule has 0 radical (unpaired) electrons. The lowest BCUT2D eigenvalue weighted by Crippen LogP contribution is -2.23. The number of nitrogens with one attached hydrogen (secondary N) is 1. The number of fused-ring (bicyclic) bond motifs is 1. The summed E-state index contributed by atoms with van der Waals surface area (Å²) in [6, 6.07) is 25.5. The molecule has 1 aliphatic heterocycles. The van der Waals surface area contributed by atoms with Gasteiger partial charge in [-0.15, -0.1) is 0 Å². The fourth-order valence-corrected chi connectivity index (χ4v) is 3.39. The van der Waals surface area contributed by atoms with Crippen molar-refractivity contribution in [2.45, 2.75) is 6.04 Å². The van der Waals surface area contributed by atoms with E-state index in [-0.39, 0.29) is 6.04 Å². The molecule has 24 heavy (non-hydrogen) atoms. The predicted molar refractivity (Wildman–Crippen MR) is 105 cm³/mol. The van der Waals surface area contributed by atoms with E-state index in [2.05, 4.69) is 84.4 Å². The van der Waals surface area contributed by atoms with E-state index in [9.17, 15) is 0 Å². The Labute approximate surface area is 146 Å². The smallest absolute Gasteiger partial charge is 0.161 e. The molecule has 1 unspecified atom stereocenters. The van der Waals surface area contributed by atoms with Gasteiger partial charge in [-0.1, -0.05) is 78.5 Å². The van der Waals surface area contributed by atoms with Crippen LogP contribution in [0.25, 0.3) is 16.5 Å². The van der Waals surface area contributed by atoms with E-state index in [1.807, 2.05) is 6.07 Å². The summed E-state index contributed by atoms with van der Waals surface area (Å²) in [7, 11) is 0. The van der Waals surface area contributed by atoms with Gasteiger partial charge in [-0.25, -0.2) is 4.99 Å². The number of amidine groups is 1. The number of thioether (sulfide) groups is 1. The summed E-state index contributed by atoms with van der Waals surface area (Å²) < 4.78 is 0. The van der Waals surface area contributed by atoms with Crippen molar-refractivity contribution < 1.29 is 0 Å². The van der Waals surface area contributed by atoms with Crippen LogP contribution in [0.15, 0.2) is 83.9 Å². The first-order chi connectivity index (χ1) is 11.8. The van der Waals surface area contributed by atoms with Gasteiger partial charge in [0.1, 0.15) is 0 Å². The first-order valence-corrected chi connectivity index (χ1v) is 9.21. The van der Waals surface area contributed by atoms with Crippen LogP contribution >= 0.6 is 11.8 Å². The zero-order valence-corrected chi connectivity index (χ0v) is 14.3. The van der Waals surface area contributed by atoms with Crippen molar-refractivity contribution >= 4 is 33.4 Å². The molecule has 1 aliphatic rings. The SMILES string of the molecule is CSC1=NC(c2ccccc2)C=C(c2ccc3ccccc3c2)N1. The highest BCUT2D eigenvalue weighted by molar-refractivity contribution is 8.13. The first kappa shape index (κ1) is 15.0. The third kappa shape index (κ3) is 2.95. The highest BCUT2D eigenvalue weighted by atomic mass is 32.2. The lowest BCUT2D eigenvalue weighted by Gasteiger charge is -2.22. The van der Waals surface area contributed by atoms with E-state index in [0.29, 0.717) is 0 Å². The van der Waals surface area contributed by atoms with Crippen molar-refractivity contribution in [3.63, 3.8) is 0 Å². The van der Waals surface area contributed by atoms with Gasteiger partial charge in [0, 0.05) is 5.70 Å². The molecule has 0 saturated carbocycles. The van der Waals surface area contributed by atoms with E-state index in [1.165, 1.54) is 21.9 Å². The van der Waals surface area contributed by atoms with Gasteiger partial charge in [-0.3, -0.25) is 0 Å². The van der Waals surface area contributed by atoms with Gasteiger partial charge in [-0.2, -0.15) is 0 Å². The second-order valence-electron chi connectivity index (χ2n) is 5.76. The predicted octanol–water partition coefficient (Wildman–Crippen LogP) is 5.24. The first-order valence-electron chi connectivity index (χ1n) is 7.98. The van der Waals surface area contributed by atoms with Gasteiger partial charge < -0.3 is 5.32 Å². The number of rotatable bonds is 2. The zero-order valence-electron chi connectivity index (χ0n) is 13.4. The Morgan fingerprint density at radius 3 is 2.42 bits per heavy atom. The van der Waals surface area contributed by atoms with Gasteiger partial charge in [-0.05, 0) is 40.3 Å². The van der Waals surface area contributed by atoms with E-state index in [0.717, 1.165) is 10.9 Å². The van der Waals surface area contributed by atoms with Crippen molar-refractivity contribution in [3.05, 3.63) is 90.0 Å². The normalized spacial score (nSPS) is 17.1. The van der Waals surface area contributed by atoms with Crippen molar-refractivity contribution in [3.8, 4) is 0 Å². The minimum Gasteiger partial charge on any atom is -0.335 e. The Kier molecular flexibility index (Phi) is 4.09. The summed E-state index contributed by atoms with van der Waals surface area (Å²) in [6.07, 6.45) is 4.26. The molecule has 0 spiro atoms. The van der Waals surface area contributed by atoms with E-state index >= 15 is 0 Å². The number of aliphatic imine (C=N–C) groups is 1. The minimum atomic E-state index is 0.0522. The minimum absolute atomic E-state index is 0.0522. The second kappa shape index (κ2) is 6.54. The summed E-state index contributed by atoms with van der Waals surface area (Å²) in [4.78, 5) is 4.80. The lowest BCUT2D eigenvalue weighted by atomic mass is 10.0. The Bertz CT molecular complexity index is 929. The molecule has 1 heterocycles. The molecular weight excluding hydrogens is 312 g/mol. The molecule has 2 nitrogen and oxygen atoms in total. The monoisotopic (exact) mass is 330 g/mol. The standard InChI is InChI=1S/C21H18N2S/c1-24-21-22-19(16-8-3-2-4-9-16)14-20(23-21)18-12-11-15-7-5-6-10-17(15)13-18/h2-14,19H,1H3,(H,22,23). The Hall–Kier alpha value is -2.52. The maximum absolute atomic E-state index is 4.80. The van der Waals surface area contributed by atoms with Crippen molar-refractivity contribution in [2.24, 2.45) is 4.99 Å². The molecule has 0 bridgehead atoms. The quantitative estimate of drug-likeness (QED) is 0.694. The molecule has 0 amide bonds. The average Bonchev–Trinajstić information content (AvgIpc) is 2.68. The molecule has 118 valence electrons. The fourth-order valence-electron chi connectivity index (χ4n) is 2.96. The molecule has 3 heteroatoms. The Morgan fingerprint density at radius 1 is 0.875 bits per heavy atom. The van der Waals surface area contributed by atoms with Crippen LogP contribution in [0.2, 0.25) is 0 Å². The van der Waals surface area contributed by atoms with Gasteiger partial charge in [0.15, 0.2) is 5.17 Å². The topological polar surface area (TPSA) is 24.4 Å². The molecule has 3 aromatic rings. The van der Waals surface area contributed by atoms with Crippen molar-refractivity contribution in [1.29, 1.82) is 0 Å². The molecular formula is C21H18N2S. The van der Waals surface area contributed by atoms with Crippen LogP contribution in [0.5, 0.6) is 0 Å². The largest absolute Gasteiger partial charge is 0.335 e. The Morgan fingerprint density at radius 2 is 1.62 bits per heavy atom. The average molecular weight is 330 g/mol. The second-order valence-corrected chi connectivity index (χ2v) is 6.56.